The summed E-state index contributed by atoms with van der Waals surface area (Å²) in [5.74, 6) is -0.232. The molecule has 24 heavy (non-hydrogen) atoms. The number of hydrogen-bond donors (Lipinski definition) is 0. The first kappa shape index (κ1) is 15.4. The molecule has 0 aromatic heterocycles. The summed E-state index contributed by atoms with van der Waals surface area (Å²) in [4.78, 5) is 33.6. The van der Waals surface area contributed by atoms with Crippen molar-refractivity contribution in [3.05, 3.63) is 69.5 Å². The number of hydrogen-bond acceptors (Lipinski definition) is 6. The van der Waals surface area contributed by atoms with E-state index in [2.05, 4.69) is 0 Å². The minimum atomic E-state index is -0.514. The number of nitro benzene ring substituents is 1. The van der Waals surface area contributed by atoms with Crippen LogP contribution in [0.15, 0.2) is 48.2 Å². The maximum absolute atomic E-state index is 12.3. The molecule has 0 fully saturated rings. The topological polar surface area (TPSA) is 95.7 Å². The second-order valence-electron chi connectivity index (χ2n) is 5.04. The Kier molecular flexibility index (Phi) is 3.83. The van der Waals surface area contributed by atoms with Crippen LogP contribution < -0.4 is 9.47 Å². The molecule has 0 saturated carbocycles. The van der Waals surface area contributed by atoms with Gasteiger partial charge in [-0.05, 0) is 23.8 Å². The van der Waals surface area contributed by atoms with Gasteiger partial charge >= 0.3 is 5.97 Å². The molecule has 0 amide bonds. The average Bonchev–Trinajstić information content (AvgIpc) is 2.82. The van der Waals surface area contributed by atoms with Gasteiger partial charge in [0.25, 0.3) is 5.69 Å². The number of non-ortho nitro benzene ring substituents is 1. The van der Waals surface area contributed by atoms with Gasteiger partial charge in [0.2, 0.25) is 5.78 Å². The Labute approximate surface area is 136 Å². The number of fused-ring (bicyclic) bond motifs is 1. The summed E-state index contributed by atoms with van der Waals surface area (Å²) in [5.41, 5.74) is 0.729. The molecule has 0 saturated heterocycles. The lowest BCUT2D eigenvalue weighted by atomic mass is 10.1. The molecule has 7 nitrogen and oxygen atoms in total. The summed E-state index contributed by atoms with van der Waals surface area (Å²) in [6.07, 6.45) is 1.43. The smallest absolute Gasteiger partial charge is 0.308 e. The highest BCUT2D eigenvalue weighted by molar-refractivity contribution is 6.14. The molecule has 0 bridgehead atoms. The lowest BCUT2D eigenvalue weighted by Crippen LogP contribution is -2.01. The van der Waals surface area contributed by atoms with Crippen LogP contribution in [-0.2, 0) is 4.79 Å². The van der Waals surface area contributed by atoms with Gasteiger partial charge in [-0.25, -0.2) is 0 Å². The summed E-state index contributed by atoms with van der Waals surface area (Å²) in [6, 6.07) is 10.3. The van der Waals surface area contributed by atoms with Gasteiger partial charge in [0.15, 0.2) is 5.76 Å². The number of Topliss-reactive ketones (excluding diaryl/α,β-unsaturated/α-hetero) is 1. The molecule has 1 aliphatic heterocycles. The molecule has 0 spiro atoms. The number of carbonyl (C=O) groups excluding carboxylic acids is 2. The number of benzene rings is 2. The van der Waals surface area contributed by atoms with Crippen molar-refractivity contribution in [1.29, 1.82) is 0 Å². The summed E-state index contributed by atoms with van der Waals surface area (Å²) < 4.78 is 10.4. The largest absolute Gasteiger partial charge is 0.452 e. The molecule has 2 aromatic carbocycles. The van der Waals surface area contributed by atoms with E-state index in [1.54, 1.807) is 6.07 Å². The first-order chi connectivity index (χ1) is 11.4. The van der Waals surface area contributed by atoms with Gasteiger partial charge in [0.1, 0.15) is 11.5 Å². The Balaban J connectivity index is 1.91. The first-order valence-corrected chi connectivity index (χ1v) is 6.95. The van der Waals surface area contributed by atoms with Crippen LogP contribution in [0.4, 0.5) is 5.69 Å². The molecular formula is C17H11NO6. The number of esters is 1. The molecule has 3 rings (SSSR count). The molecule has 0 N–H and O–H groups in total. The molecule has 0 aliphatic carbocycles. The zero-order valence-corrected chi connectivity index (χ0v) is 12.5. The van der Waals surface area contributed by atoms with Gasteiger partial charge in [-0.1, -0.05) is 12.1 Å². The summed E-state index contributed by atoms with van der Waals surface area (Å²) in [5, 5.41) is 10.8. The van der Waals surface area contributed by atoms with E-state index < -0.39 is 10.9 Å². The molecular weight excluding hydrogens is 314 g/mol. The minimum absolute atomic E-state index is 0.0467. The zero-order valence-electron chi connectivity index (χ0n) is 12.5. The van der Waals surface area contributed by atoms with Crippen LogP contribution in [0.5, 0.6) is 11.5 Å². The van der Waals surface area contributed by atoms with Crippen molar-refractivity contribution in [3.63, 3.8) is 0 Å². The number of allylic oxidation sites excluding steroid dienone is 1. The molecule has 1 aliphatic rings. The lowest BCUT2D eigenvalue weighted by molar-refractivity contribution is -0.384. The van der Waals surface area contributed by atoms with E-state index in [-0.39, 0.29) is 28.7 Å². The monoisotopic (exact) mass is 325 g/mol. The van der Waals surface area contributed by atoms with Crippen molar-refractivity contribution in [3.8, 4) is 11.5 Å². The van der Waals surface area contributed by atoms with Crippen LogP contribution in [0.3, 0.4) is 0 Å². The van der Waals surface area contributed by atoms with Gasteiger partial charge in [0.05, 0.1) is 10.5 Å². The number of nitro groups is 1. The Hall–Kier alpha value is -3.48. The van der Waals surface area contributed by atoms with Crippen LogP contribution in [-0.4, -0.2) is 16.7 Å². The van der Waals surface area contributed by atoms with Crippen molar-refractivity contribution in [2.75, 3.05) is 0 Å². The van der Waals surface area contributed by atoms with E-state index in [4.69, 9.17) is 9.47 Å². The fourth-order valence-corrected chi connectivity index (χ4v) is 2.28. The highest BCUT2D eigenvalue weighted by atomic mass is 16.6. The lowest BCUT2D eigenvalue weighted by Gasteiger charge is -2.02. The minimum Gasteiger partial charge on any atom is -0.452 e. The third-order valence-corrected chi connectivity index (χ3v) is 3.28. The second kappa shape index (κ2) is 5.96. The van der Waals surface area contributed by atoms with Crippen LogP contribution in [0.2, 0.25) is 0 Å². The molecule has 0 atom stereocenters. The number of ether oxygens (including phenoxy) is 2. The molecule has 0 radical (unpaired) electrons. The molecule has 120 valence electrons. The van der Waals surface area contributed by atoms with Crippen LogP contribution >= 0.6 is 0 Å². The number of ketones is 1. The third kappa shape index (κ3) is 3.00. The Morgan fingerprint density at radius 2 is 2.04 bits per heavy atom. The van der Waals surface area contributed by atoms with E-state index >= 15 is 0 Å². The molecule has 0 unspecified atom stereocenters. The van der Waals surface area contributed by atoms with Gasteiger partial charge in [0, 0.05) is 25.1 Å². The van der Waals surface area contributed by atoms with Crippen molar-refractivity contribution < 1.29 is 24.0 Å². The van der Waals surface area contributed by atoms with E-state index in [0.717, 1.165) is 0 Å². The maximum atomic E-state index is 12.3. The van der Waals surface area contributed by atoms with E-state index in [9.17, 15) is 19.7 Å². The van der Waals surface area contributed by atoms with Gasteiger partial charge in [-0.2, -0.15) is 0 Å². The van der Waals surface area contributed by atoms with Crippen LogP contribution in [0.1, 0.15) is 22.8 Å². The summed E-state index contributed by atoms with van der Waals surface area (Å²) in [7, 11) is 0. The summed E-state index contributed by atoms with van der Waals surface area (Å²) in [6.45, 7) is 1.27. The van der Waals surface area contributed by atoms with Crippen molar-refractivity contribution >= 4 is 23.5 Å². The Morgan fingerprint density at radius 1 is 1.25 bits per heavy atom. The normalized spacial score (nSPS) is 14.2. The molecule has 7 heteroatoms. The van der Waals surface area contributed by atoms with Gasteiger partial charge in [-0.15, -0.1) is 0 Å². The van der Waals surface area contributed by atoms with Crippen LogP contribution in [0.25, 0.3) is 6.08 Å². The van der Waals surface area contributed by atoms with Crippen molar-refractivity contribution in [2.24, 2.45) is 0 Å². The first-order valence-electron chi connectivity index (χ1n) is 6.95. The SMILES string of the molecule is CC(=O)Oc1ccc2c(c1)OC(=Cc1cccc([N+](=O)[O-])c1)C2=O. The predicted molar refractivity (Wildman–Crippen MR) is 83.8 cm³/mol. The van der Waals surface area contributed by atoms with Crippen LogP contribution in [0, 0.1) is 10.1 Å². The Bertz CT molecular complexity index is 900. The highest BCUT2D eigenvalue weighted by Crippen LogP contribution is 2.35. The number of rotatable bonds is 3. The van der Waals surface area contributed by atoms with Gasteiger partial charge in [-0.3, -0.25) is 19.7 Å². The fourth-order valence-electron chi connectivity index (χ4n) is 2.28. The highest BCUT2D eigenvalue weighted by Gasteiger charge is 2.28. The second-order valence-corrected chi connectivity index (χ2v) is 5.04. The fraction of sp³-hybridized carbons (Fsp3) is 0.0588. The quantitative estimate of drug-likeness (QED) is 0.283. The molecule has 1 heterocycles. The van der Waals surface area contributed by atoms with E-state index in [1.807, 2.05) is 0 Å². The predicted octanol–water partition coefficient (Wildman–Crippen LogP) is 3.14. The average molecular weight is 325 g/mol. The maximum Gasteiger partial charge on any atom is 0.308 e. The van der Waals surface area contributed by atoms with E-state index in [1.165, 1.54) is 49.4 Å². The third-order valence-electron chi connectivity index (χ3n) is 3.28. The number of carbonyl (C=O) groups is 2. The molecule has 2 aromatic rings. The van der Waals surface area contributed by atoms with Gasteiger partial charge < -0.3 is 9.47 Å². The van der Waals surface area contributed by atoms with Crippen molar-refractivity contribution in [1.82, 2.24) is 0 Å². The Morgan fingerprint density at radius 3 is 2.75 bits per heavy atom. The summed E-state index contributed by atoms with van der Waals surface area (Å²) >= 11 is 0. The van der Waals surface area contributed by atoms with E-state index in [0.29, 0.717) is 11.1 Å². The zero-order chi connectivity index (χ0) is 17.3. The van der Waals surface area contributed by atoms with Crippen molar-refractivity contribution in [2.45, 2.75) is 6.92 Å². The standard InChI is InChI=1S/C17H11NO6/c1-10(19)23-13-5-6-14-15(9-13)24-16(17(14)20)8-11-3-2-4-12(7-11)18(21)22/h2-9H,1H3. The number of nitrogens with zero attached hydrogens (tertiary/aromatic N) is 1.